The van der Waals surface area contributed by atoms with Crippen molar-refractivity contribution in [1.82, 2.24) is 19.5 Å². The summed E-state index contributed by atoms with van der Waals surface area (Å²) in [5.74, 6) is -0.109. The van der Waals surface area contributed by atoms with Crippen LogP contribution in [-0.2, 0) is 4.79 Å². The molecule has 1 amide bonds. The van der Waals surface area contributed by atoms with Gasteiger partial charge in [-0.2, -0.15) is 4.98 Å². The van der Waals surface area contributed by atoms with Crippen molar-refractivity contribution in [3.8, 4) is 0 Å². The number of nitrogens with zero attached hydrogens (tertiary/aromatic N) is 4. The normalized spacial score (nSPS) is 26.2. The van der Waals surface area contributed by atoms with Gasteiger partial charge in [0.1, 0.15) is 11.3 Å². The number of hydrogen-bond acceptors (Lipinski definition) is 7. The predicted octanol–water partition coefficient (Wildman–Crippen LogP) is 5.34. The van der Waals surface area contributed by atoms with Crippen molar-refractivity contribution in [2.75, 3.05) is 10.6 Å². The number of aliphatic hydroxyl groups excluding tert-OH is 1. The molecular formula is C25H30Cl2FN7O2. The van der Waals surface area contributed by atoms with E-state index in [2.05, 4.69) is 20.6 Å². The number of carbonyl (C=O) groups excluding carboxylic acids is 1. The first kappa shape index (κ1) is 25.9. The summed E-state index contributed by atoms with van der Waals surface area (Å²) in [5.41, 5.74) is 6.26. The van der Waals surface area contributed by atoms with Crippen LogP contribution in [0, 0.1) is 11.2 Å². The fourth-order valence-corrected chi connectivity index (χ4v) is 5.91. The van der Waals surface area contributed by atoms with Crippen molar-refractivity contribution in [2.24, 2.45) is 11.1 Å². The highest BCUT2D eigenvalue weighted by Gasteiger charge is 2.38. The Balaban J connectivity index is 1.52. The van der Waals surface area contributed by atoms with Crippen molar-refractivity contribution < 1.29 is 14.3 Å². The van der Waals surface area contributed by atoms with Crippen molar-refractivity contribution in [2.45, 2.75) is 76.5 Å². The fourth-order valence-electron chi connectivity index (χ4n) is 5.39. The number of rotatable bonds is 6. The molecule has 3 aromatic rings. The first-order chi connectivity index (χ1) is 17.6. The van der Waals surface area contributed by atoms with Crippen molar-refractivity contribution >= 4 is 57.9 Å². The molecule has 2 aliphatic rings. The molecule has 1 aromatic carbocycles. The summed E-state index contributed by atoms with van der Waals surface area (Å²) in [5, 5.41) is 16.7. The SMILES string of the molecule is C[C@]1(C(N)=O)CC[C@@H](n2c(Nc3c(F)cc(Cl)cc3Cl)nc3cnc(N[C@@H]4CCC[C@@H](O)C4)nc32)CC1. The van der Waals surface area contributed by atoms with Gasteiger partial charge in [0, 0.05) is 22.5 Å². The van der Waals surface area contributed by atoms with Crippen LogP contribution in [0.4, 0.5) is 22.0 Å². The smallest absolute Gasteiger partial charge is 0.224 e. The zero-order valence-corrected chi connectivity index (χ0v) is 22.0. The minimum absolute atomic E-state index is 0.0582. The van der Waals surface area contributed by atoms with E-state index >= 15 is 0 Å². The van der Waals surface area contributed by atoms with Crippen molar-refractivity contribution in [3.05, 3.63) is 34.2 Å². The average molecular weight is 550 g/mol. The lowest BCUT2D eigenvalue weighted by Crippen LogP contribution is -2.38. The van der Waals surface area contributed by atoms with Gasteiger partial charge in [-0.25, -0.2) is 14.4 Å². The second-order valence-corrected chi connectivity index (χ2v) is 11.2. The van der Waals surface area contributed by atoms with Gasteiger partial charge >= 0.3 is 0 Å². The Morgan fingerprint density at radius 1 is 1.22 bits per heavy atom. The third-order valence-electron chi connectivity index (χ3n) is 7.67. The molecule has 2 heterocycles. The molecule has 0 unspecified atom stereocenters. The molecular weight excluding hydrogens is 520 g/mol. The zero-order valence-electron chi connectivity index (χ0n) is 20.5. The van der Waals surface area contributed by atoms with Crippen LogP contribution in [0.25, 0.3) is 11.2 Å². The molecule has 12 heteroatoms. The maximum Gasteiger partial charge on any atom is 0.224 e. The van der Waals surface area contributed by atoms with Crippen LogP contribution in [0.1, 0.15) is 64.3 Å². The molecule has 198 valence electrons. The fraction of sp³-hybridized carbons (Fsp3) is 0.520. The number of aliphatic hydroxyl groups is 1. The average Bonchev–Trinajstić information content (AvgIpc) is 3.19. The number of nitrogens with one attached hydrogen (secondary N) is 2. The summed E-state index contributed by atoms with van der Waals surface area (Å²) in [7, 11) is 0. The monoisotopic (exact) mass is 549 g/mol. The molecule has 2 saturated carbocycles. The lowest BCUT2D eigenvalue weighted by atomic mass is 9.73. The molecule has 0 saturated heterocycles. The van der Waals surface area contributed by atoms with Crippen molar-refractivity contribution in [1.29, 1.82) is 0 Å². The Morgan fingerprint density at radius 3 is 2.65 bits per heavy atom. The van der Waals surface area contributed by atoms with Gasteiger partial charge in [0.05, 0.1) is 23.0 Å². The number of amides is 1. The van der Waals surface area contributed by atoms with Crippen LogP contribution in [0.15, 0.2) is 18.3 Å². The summed E-state index contributed by atoms with van der Waals surface area (Å²) < 4.78 is 16.7. The lowest BCUT2D eigenvalue weighted by molar-refractivity contribution is -0.128. The summed E-state index contributed by atoms with van der Waals surface area (Å²) in [6, 6.07) is 2.65. The number of carbonyl (C=O) groups is 1. The molecule has 2 aliphatic carbocycles. The number of nitrogens with two attached hydrogens (primary N) is 1. The van der Waals surface area contributed by atoms with Crippen LogP contribution in [-0.4, -0.2) is 42.7 Å². The second kappa shape index (κ2) is 10.2. The standard InChI is InChI=1S/C25H30Cl2FN7O2/c1-25(22(29)37)7-5-15(6-8-25)35-21-19(12-30-23(34-21)31-14-3-2-4-16(36)11-14)32-24(35)33-20-17(27)9-13(26)10-18(20)28/h9-10,12,14-16,36H,2-8,11H2,1H3,(H2,29,37)(H,32,33)(H,30,31,34)/t14-,15-,16-,25+/m1/s1. The van der Waals surface area contributed by atoms with E-state index in [0.717, 1.165) is 19.3 Å². The molecule has 0 bridgehead atoms. The van der Waals surface area contributed by atoms with Crippen LogP contribution < -0.4 is 16.4 Å². The first-order valence-corrected chi connectivity index (χ1v) is 13.3. The minimum Gasteiger partial charge on any atom is -0.393 e. The van der Waals surface area contributed by atoms with Gasteiger partial charge in [-0.15, -0.1) is 0 Å². The first-order valence-electron chi connectivity index (χ1n) is 12.5. The van der Waals surface area contributed by atoms with Gasteiger partial charge in [-0.3, -0.25) is 9.36 Å². The van der Waals surface area contributed by atoms with Crippen LogP contribution in [0.3, 0.4) is 0 Å². The van der Waals surface area contributed by atoms with Gasteiger partial charge in [-0.05, 0) is 63.5 Å². The largest absolute Gasteiger partial charge is 0.393 e. The number of aromatic nitrogens is 4. The van der Waals surface area contributed by atoms with Gasteiger partial charge in [0.15, 0.2) is 5.65 Å². The Kier molecular flexibility index (Phi) is 7.17. The highest BCUT2D eigenvalue weighted by Crippen LogP contribution is 2.43. The molecule has 2 aromatic heterocycles. The number of fused-ring (bicyclic) bond motifs is 1. The molecule has 5 N–H and O–H groups in total. The Bertz CT molecular complexity index is 1300. The van der Waals surface area contributed by atoms with E-state index in [-0.39, 0.29) is 39.8 Å². The van der Waals surface area contributed by atoms with Gasteiger partial charge in [0.2, 0.25) is 17.8 Å². The second-order valence-electron chi connectivity index (χ2n) is 10.4. The Morgan fingerprint density at radius 2 is 1.97 bits per heavy atom. The molecule has 0 aliphatic heterocycles. The summed E-state index contributed by atoms with van der Waals surface area (Å²) in [4.78, 5) is 25.9. The van der Waals surface area contributed by atoms with Gasteiger partial charge in [-0.1, -0.05) is 30.1 Å². The Hall–Kier alpha value is -2.69. The van der Waals surface area contributed by atoms with Crippen LogP contribution in [0.2, 0.25) is 10.0 Å². The van der Waals surface area contributed by atoms with E-state index in [0.29, 0.717) is 55.2 Å². The number of halogens is 3. The Labute approximate surface area is 224 Å². The molecule has 0 spiro atoms. The van der Waals surface area contributed by atoms with E-state index < -0.39 is 11.2 Å². The third kappa shape index (κ3) is 5.32. The lowest BCUT2D eigenvalue weighted by Gasteiger charge is -2.35. The molecule has 0 radical (unpaired) electrons. The zero-order chi connectivity index (χ0) is 26.3. The van der Waals surface area contributed by atoms with Crippen molar-refractivity contribution in [3.63, 3.8) is 0 Å². The molecule has 2 atom stereocenters. The highest BCUT2D eigenvalue weighted by atomic mass is 35.5. The maximum atomic E-state index is 14.8. The highest BCUT2D eigenvalue weighted by molar-refractivity contribution is 6.36. The van der Waals surface area contributed by atoms with Crippen LogP contribution in [0.5, 0.6) is 0 Å². The number of benzene rings is 1. The van der Waals surface area contributed by atoms with E-state index in [1.165, 1.54) is 12.1 Å². The third-order valence-corrected chi connectivity index (χ3v) is 8.19. The van der Waals surface area contributed by atoms with Gasteiger partial charge in [0.25, 0.3) is 0 Å². The van der Waals surface area contributed by atoms with E-state index in [1.54, 1.807) is 6.20 Å². The number of primary amides is 1. The summed E-state index contributed by atoms with van der Waals surface area (Å²) in [6.45, 7) is 1.89. The quantitative estimate of drug-likeness (QED) is 0.326. The molecule has 2 fully saturated rings. The number of imidazole rings is 1. The van der Waals surface area contributed by atoms with E-state index in [9.17, 15) is 14.3 Å². The maximum absolute atomic E-state index is 14.8. The molecule has 9 nitrogen and oxygen atoms in total. The molecule has 37 heavy (non-hydrogen) atoms. The number of anilines is 3. The molecule has 5 rings (SSSR count). The number of hydrogen-bond donors (Lipinski definition) is 4. The topological polar surface area (TPSA) is 131 Å². The predicted molar refractivity (Wildman–Crippen MR) is 142 cm³/mol. The minimum atomic E-state index is -0.606. The van der Waals surface area contributed by atoms with Gasteiger partial charge < -0.3 is 21.5 Å². The van der Waals surface area contributed by atoms with E-state index in [1.807, 2.05) is 11.5 Å². The van der Waals surface area contributed by atoms with E-state index in [4.69, 9.17) is 33.9 Å². The summed E-state index contributed by atoms with van der Waals surface area (Å²) >= 11 is 12.3. The summed E-state index contributed by atoms with van der Waals surface area (Å²) in [6.07, 6.45) is 7.13. The van der Waals surface area contributed by atoms with Crippen LogP contribution >= 0.6 is 23.2 Å².